The normalized spacial score (nSPS) is 19.6. The second-order valence-electron chi connectivity index (χ2n) is 9.89. The third kappa shape index (κ3) is 7.63. The van der Waals surface area contributed by atoms with Gasteiger partial charge in [0.2, 0.25) is 0 Å². The minimum atomic E-state index is -0.924. The molecule has 202 valence electrons. The van der Waals surface area contributed by atoms with Crippen LogP contribution >= 0.6 is 0 Å². The predicted molar refractivity (Wildman–Crippen MR) is 152 cm³/mol. The van der Waals surface area contributed by atoms with E-state index < -0.39 is 5.72 Å². The molecule has 5 rings (SSSR count). The van der Waals surface area contributed by atoms with E-state index in [1.54, 1.807) is 0 Å². The number of rotatable bonds is 13. The zero-order chi connectivity index (χ0) is 26.6. The van der Waals surface area contributed by atoms with Crippen molar-refractivity contribution in [3.8, 4) is 0 Å². The maximum atomic E-state index is 6.85. The van der Waals surface area contributed by atoms with Crippen LogP contribution in [0.3, 0.4) is 0 Å². The predicted octanol–water partition coefficient (Wildman–Crippen LogP) is 6.93. The van der Waals surface area contributed by atoms with E-state index in [1.807, 2.05) is 77.9 Å². The molecule has 0 N–H and O–H groups in total. The average Bonchev–Trinajstić information content (AvgIpc) is 3.01. The summed E-state index contributed by atoms with van der Waals surface area (Å²) in [6.07, 6.45) is 1.53. The van der Waals surface area contributed by atoms with Gasteiger partial charge in [-0.25, -0.2) is 0 Å². The van der Waals surface area contributed by atoms with E-state index in [9.17, 15) is 0 Å². The van der Waals surface area contributed by atoms with Gasteiger partial charge in [-0.1, -0.05) is 121 Å². The number of nitrogens with zero attached hydrogens (tertiary/aromatic N) is 1. The first-order valence-corrected chi connectivity index (χ1v) is 13.7. The van der Waals surface area contributed by atoms with E-state index in [4.69, 9.17) is 19.0 Å². The van der Waals surface area contributed by atoms with Crippen molar-refractivity contribution >= 4 is 0 Å². The van der Waals surface area contributed by atoms with Gasteiger partial charge in [-0.3, -0.25) is 4.84 Å². The number of hydrogen-bond donors (Lipinski definition) is 0. The molecule has 0 saturated carbocycles. The molecule has 39 heavy (non-hydrogen) atoms. The second-order valence-corrected chi connectivity index (χ2v) is 9.89. The van der Waals surface area contributed by atoms with Crippen molar-refractivity contribution in [2.75, 3.05) is 13.2 Å². The summed E-state index contributed by atoms with van der Waals surface area (Å²) in [6.45, 7) is 2.88. The highest BCUT2D eigenvalue weighted by molar-refractivity contribution is 5.16. The molecule has 0 aromatic heterocycles. The molecule has 1 fully saturated rings. The van der Waals surface area contributed by atoms with Gasteiger partial charge in [0.05, 0.1) is 33.0 Å². The van der Waals surface area contributed by atoms with Gasteiger partial charge in [0.15, 0.2) is 5.72 Å². The van der Waals surface area contributed by atoms with Crippen molar-refractivity contribution in [3.63, 3.8) is 0 Å². The Morgan fingerprint density at radius 2 is 1.08 bits per heavy atom. The van der Waals surface area contributed by atoms with Gasteiger partial charge in [0.1, 0.15) is 6.10 Å². The summed E-state index contributed by atoms with van der Waals surface area (Å²) in [5.74, 6) is 0. The van der Waals surface area contributed by atoms with Crippen LogP contribution in [0, 0.1) is 0 Å². The lowest BCUT2D eigenvalue weighted by molar-refractivity contribution is -0.374. The van der Waals surface area contributed by atoms with Gasteiger partial charge < -0.3 is 14.2 Å². The van der Waals surface area contributed by atoms with Gasteiger partial charge in [0.25, 0.3) is 0 Å². The van der Waals surface area contributed by atoms with Crippen molar-refractivity contribution in [1.29, 1.82) is 0 Å². The maximum Gasteiger partial charge on any atom is 0.193 e. The van der Waals surface area contributed by atoms with Crippen molar-refractivity contribution in [1.82, 2.24) is 5.06 Å². The molecular formula is C34H37NO4. The smallest absolute Gasteiger partial charge is 0.193 e. The Balaban J connectivity index is 1.41. The lowest BCUT2D eigenvalue weighted by Crippen LogP contribution is -2.64. The van der Waals surface area contributed by atoms with Crippen molar-refractivity contribution in [2.24, 2.45) is 0 Å². The molecule has 4 aromatic rings. The van der Waals surface area contributed by atoms with Gasteiger partial charge >= 0.3 is 0 Å². The third-order valence-corrected chi connectivity index (χ3v) is 7.03. The fourth-order valence-electron chi connectivity index (χ4n) is 4.92. The number of piperidine rings is 1. The molecule has 4 aromatic carbocycles. The molecule has 1 heterocycles. The van der Waals surface area contributed by atoms with E-state index in [-0.39, 0.29) is 6.10 Å². The third-order valence-electron chi connectivity index (χ3n) is 7.03. The average molecular weight is 524 g/mol. The largest absolute Gasteiger partial charge is 0.372 e. The Bertz CT molecular complexity index is 1170. The van der Waals surface area contributed by atoms with E-state index in [0.29, 0.717) is 33.0 Å². The zero-order valence-corrected chi connectivity index (χ0v) is 22.4. The maximum absolute atomic E-state index is 6.85. The first-order valence-electron chi connectivity index (χ1n) is 13.7. The van der Waals surface area contributed by atoms with Crippen LogP contribution in [0.4, 0.5) is 0 Å². The zero-order valence-electron chi connectivity index (χ0n) is 22.4. The Hall–Kier alpha value is -3.32. The summed E-state index contributed by atoms with van der Waals surface area (Å²) in [5.41, 5.74) is 3.52. The summed E-state index contributed by atoms with van der Waals surface area (Å²) < 4.78 is 19.9. The van der Waals surface area contributed by atoms with Gasteiger partial charge in [-0.05, 0) is 35.1 Å². The van der Waals surface area contributed by atoms with Crippen LogP contribution in [0.2, 0.25) is 0 Å². The highest BCUT2D eigenvalue weighted by atomic mass is 16.7. The summed E-state index contributed by atoms with van der Waals surface area (Å²) >= 11 is 0. The molecule has 5 nitrogen and oxygen atoms in total. The summed E-state index contributed by atoms with van der Waals surface area (Å²) in [7, 11) is 0. The standard InChI is InChI=1S/C34H37NO4/c1-5-14-29(15-6-1)24-36-28-34(38-26-31-18-9-3-10-19-31)33(37-25-30-16-7-2-8-17-30)22-13-23-35(34)39-27-32-20-11-4-12-21-32/h1-12,14-21,33H,13,22-28H2. The first-order chi connectivity index (χ1) is 19.3. The molecule has 0 bridgehead atoms. The van der Waals surface area contributed by atoms with E-state index in [0.717, 1.165) is 41.6 Å². The van der Waals surface area contributed by atoms with Crippen LogP contribution < -0.4 is 0 Å². The Kier molecular flexibility index (Phi) is 9.91. The molecule has 1 aliphatic heterocycles. The molecule has 1 aliphatic rings. The summed E-state index contributed by atoms with van der Waals surface area (Å²) in [6, 6.07) is 41.0. The SMILES string of the molecule is c1ccc(COCC2(OCc3ccccc3)C(OCc3ccccc3)CCCN2OCc2ccccc2)cc1. The van der Waals surface area contributed by atoms with Crippen molar-refractivity contribution < 1.29 is 19.0 Å². The lowest BCUT2D eigenvalue weighted by atomic mass is 9.96. The monoisotopic (exact) mass is 523 g/mol. The molecule has 1 saturated heterocycles. The Morgan fingerprint density at radius 3 is 1.64 bits per heavy atom. The number of hydrogen-bond acceptors (Lipinski definition) is 5. The lowest BCUT2D eigenvalue weighted by Gasteiger charge is -2.49. The molecule has 0 spiro atoms. The quantitative estimate of drug-likeness (QED) is 0.190. The fourth-order valence-corrected chi connectivity index (χ4v) is 4.92. The molecular weight excluding hydrogens is 486 g/mol. The Morgan fingerprint density at radius 1 is 0.590 bits per heavy atom. The molecule has 2 atom stereocenters. The number of ether oxygens (including phenoxy) is 3. The first kappa shape index (κ1) is 27.3. The second kappa shape index (κ2) is 14.2. The molecule has 5 heteroatoms. The van der Waals surface area contributed by atoms with E-state index in [2.05, 4.69) is 48.5 Å². The van der Waals surface area contributed by atoms with Crippen LogP contribution in [0.1, 0.15) is 35.1 Å². The van der Waals surface area contributed by atoms with Crippen LogP contribution in [0.25, 0.3) is 0 Å². The van der Waals surface area contributed by atoms with Gasteiger partial charge in [-0.15, -0.1) is 0 Å². The topological polar surface area (TPSA) is 40.2 Å². The van der Waals surface area contributed by atoms with Crippen LogP contribution in [0.15, 0.2) is 121 Å². The molecule has 0 radical (unpaired) electrons. The summed E-state index contributed by atoms with van der Waals surface area (Å²) in [5, 5.41) is 1.98. The van der Waals surface area contributed by atoms with Crippen LogP contribution in [-0.4, -0.2) is 30.0 Å². The highest BCUT2D eigenvalue weighted by Gasteiger charge is 2.50. The molecule has 2 unspecified atom stereocenters. The minimum absolute atomic E-state index is 0.248. The van der Waals surface area contributed by atoms with Crippen molar-refractivity contribution in [3.05, 3.63) is 144 Å². The van der Waals surface area contributed by atoms with Crippen LogP contribution in [0.5, 0.6) is 0 Å². The van der Waals surface area contributed by atoms with E-state index in [1.165, 1.54) is 0 Å². The van der Waals surface area contributed by atoms with E-state index >= 15 is 0 Å². The fraction of sp³-hybridized carbons (Fsp3) is 0.294. The van der Waals surface area contributed by atoms with Crippen LogP contribution in [-0.2, 0) is 45.5 Å². The number of benzene rings is 4. The summed E-state index contributed by atoms with van der Waals surface area (Å²) in [4.78, 5) is 6.51. The highest BCUT2D eigenvalue weighted by Crippen LogP contribution is 2.35. The van der Waals surface area contributed by atoms with Gasteiger partial charge in [0, 0.05) is 6.54 Å². The molecule has 0 amide bonds. The van der Waals surface area contributed by atoms with Crippen molar-refractivity contribution in [2.45, 2.75) is 51.1 Å². The molecule has 0 aliphatic carbocycles. The van der Waals surface area contributed by atoms with Gasteiger partial charge in [-0.2, -0.15) is 5.06 Å². The minimum Gasteiger partial charge on any atom is -0.372 e. The Labute approximate surface area is 231 Å². The number of hydroxylamine groups is 2.